The second-order valence-corrected chi connectivity index (χ2v) is 7.11. The number of rotatable bonds is 5. The predicted molar refractivity (Wildman–Crippen MR) is 119 cm³/mol. The Morgan fingerprint density at radius 2 is 1.77 bits per heavy atom. The van der Waals surface area contributed by atoms with Gasteiger partial charge in [0.2, 0.25) is 0 Å². The number of unbranched alkanes of at least 4 members (excludes halogenated alkanes) is 1. The molecule has 2 rings (SSSR count). The maximum absolute atomic E-state index is 13.9. The Morgan fingerprint density at radius 3 is 2.20 bits per heavy atom. The van der Waals surface area contributed by atoms with Crippen LogP contribution in [0.5, 0.6) is 0 Å². The van der Waals surface area contributed by atoms with E-state index in [-0.39, 0.29) is 59.8 Å². The first kappa shape index (κ1) is 30.6. The molecule has 0 bridgehead atoms. The van der Waals surface area contributed by atoms with E-state index in [9.17, 15) is 13.6 Å². The molecule has 0 atom stereocenters. The Kier molecular flexibility index (Phi) is 15.6. The molecule has 9 heteroatoms. The maximum atomic E-state index is 13.9. The van der Waals surface area contributed by atoms with Crippen LogP contribution in [-0.2, 0) is 0 Å². The number of nitrogens with zero attached hydrogens (tertiary/aromatic N) is 2. The van der Waals surface area contributed by atoms with Gasteiger partial charge in [-0.2, -0.15) is 0 Å². The second-order valence-electron chi connectivity index (χ2n) is 6.08. The van der Waals surface area contributed by atoms with Crippen molar-refractivity contribution >= 4 is 28.5 Å². The van der Waals surface area contributed by atoms with Crippen LogP contribution < -0.4 is 11.1 Å². The van der Waals surface area contributed by atoms with Crippen LogP contribution in [0.2, 0.25) is 0 Å². The number of nitrogens with two attached hydrogens (primary N) is 1. The van der Waals surface area contributed by atoms with Crippen molar-refractivity contribution in [3.63, 3.8) is 0 Å². The van der Waals surface area contributed by atoms with E-state index in [1.165, 1.54) is 25.1 Å². The van der Waals surface area contributed by atoms with E-state index in [0.717, 1.165) is 29.0 Å². The average molecular weight is 662 g/mol. The first-order valence-electron chi connectivity index (χ1n) is 8.88. The van der Waals surface area contributed by atoms with Gasteiger partial charge in [-0.1, -0.05) is 49.7 Å². The molecule has 5 nitrogen and oxygen atoms in total. The Morgan fingerprint density at radius 1 is 1.23 bits per heavy atom. The third kappa shape index (κ3) is 8.67. The third-order valence-electron chi connectivity index (χ3n) is 3.59. The van der Waals surface area contributed by atoms with Gasteiger partial charge in [0.15, 0.2) is 5.69 Å². The number of hydrogen-bond acceptors (Lipinski definition) is 5. The molecule has 0 saturated heterocycles. The predicted octanol–water partition coefficient (Wildman–Crippen LogP) is 5.65. The normalized spacial score (nSPS) is 9.70. The molecule has 0 aliphatic heterocycles. The molecule has 0 saturated carbocycles. The largest absolute Gasteiger partial charge is 0.389 e. The van der Waals surface area contributed by atoms with Crippen LogP contribution in [0, 0.1) is 50.2 Å². The summed E-state index contributed by atoms with van der Waals surface area (Å²) in [7, 11) is 1.57. The monoisotopic (exact) mass is 661 g/mol. The summed E-state index contributed by atoms with van der Waals surface area (Å²) in [6, 6.07) is 3.49. The van der Waals surface area contributed by atoms with E-state index in [0.29, 0.717) is 5.70 Å². The number of anilines is 1. The number of hydrogen-bond donors (Lipinski definition) is 2. The number of halogens is 2. The minimum Gasteiger partial charge on any atom is -0.389 e. The number of allylic oxidation sites excluding steroid dienone is 2. The molecule has 0 unspecified atom stereocenters. The summed E-state index contributed by atoms with van der Waals surface area (Å²) in [4.78, 5) is 20.2. The van der Waals surface area contributed by atoms with Gasteiger partial charge in [-0.25, -0.2) is 13.8 Å². The van der Waals surface area contributed by atoms with E-state index in [1.54, 1.807) is 7.05 Å². The number of thiazole rings is 1. The second kappa shape index (κ2) is 15.3. The van der Waals surface area contributed by atoms with Gasteiger partial charge in [-0.05, 0) is 26.0 Å². The molecule has 2 aromatic rings. The van der Waals surface area contributed by atoms with Gasteiger partial charge >= 0.3 is 0 Å². The van der Waals surface area contributed by atoms with Crippen LogP contribution in [0.4, 0.5) is 13.8 Å². The number of nitrogen functional groups attached to an aromatic ring is 1. The van der Waals surface area contributed by atoms with Gasteiger partial charge in [0, 0.05) is 44.4 Å². The molecule has 3 N–H and O–H groups in total. The average Bonchev–Trinajstić information content (AvgIpc) is 3.02. The molecular formula is C21H29F2N4OSU-. The van der Waals surface area contributed by atoms with Crippen molar-refractivity contribution in [3.8, 4) is 10.6 Å². The molecule has 1 heterocycles. The van der Waals surface area contributed by atoms with Crippen molar-refractivity contribution in [2.75, 3.05) is 12.8 Å². The minimum atomic E-state index is -0.765. The molecular weight excluding hydrogens is 632 g/mol. The zero-order valence-corrected chi connectivity index (χ0v) is 23.2. The Balaban J connectivity index is 0. The Hall–Kier alpha value is -1.56. The van der Waals surface area contributed by atoms with E-state index in [2.05, 4.69) is 29.1 Å². The summed E-state index contributed by atoms with van der Waals surface area (Å²) in [6.07, 6.45) is 4.13. The van der Waals surface area contributed by atoms with Crippen molar-refractivity contribution in [2.45, 2.75) is 40.5 Å². The van der Waals surface area contributed by atoms with Gasteiger partial charge in [0.25, 0.3) is 5.91 Å². The van der Waals surface area contributed by atoms with Gasteiger partial charge in [-0.15, -0.1) is 0 Å². The van der Waals surface area contributed by atoms with Crippen molar-refractivity contribution < 1.29 is 44.7 Å². The molecule has 0 spiro atoms. The number of aromatic nitrogens is 1. The summed E-state index contributed by atoms with van der Waals surface area (Å²) < 4.78 is 27.7. The Bertz CT molecular complexity index is 856. The number of benzene rings is 1. The zero-order chi connectivity index (χ0) is 21.3. The van der Waals surface area contributed by atoms with Gasteiger partial charge < -0.3 is 18.5 Å². The molecule has 1 aromatic carbocycles. The summed E-state index contributed by atoms with van der Waals surface area (Å²) in [5.41, 5.74) is 6.77. The third-order valence-corrected chi connectivity index (χ3v) is 4.49. The number of nitrogens with one attached hydrogen (secondary N) is 1. The van der Waals surface area contributed by atoms with Gasteiger partial charge in [-0.3, -0.25) is 9.79 Å². The molecule has 0 aliphatic carbocycles. The maximum Gasteiger partial charge on any atom is 0.277 e. The van der Waals surface area contributed by atoms with Crippen molar-refractivity contribution in [1.29, 1.82) is 0 Å². The van der Waals surface area contributed by atoms with E-state index in [1.807, 2.05) is 13.8 Å². The summed E-state index contributed by atoms with van der Waals surface area (Å²) in [5.74, 6) is -2.10. The Labute approximate surface area is 205 Å². The van der Waals surface area contributed by atoms with Crippen molar-refractivity contribution in [1.82, 2.24) is 10.3 Å². The number of aliphatic imine (C=N–C) groups is 1. The molecule has 30 heavy (non-hydrogen) atoms. The fourth-order valence-electron chi connectivity index (χ4n) is 1.90. The minimum absolute atomic E-state index is 0. The van der Waals surface area contributed by atoms with E-state index < -0.39 is 17.5 Å². The fourth-order valence-corrected chi connectivity index (χ4v) is 2.78. The van der Waals surface area contributed by atoms with E-state index >= 15 is 0 Å². The molecule has 1 amide bonds. The summed E-state index contributed by atoms with van der Waals surface area (Å²) in [5, 5.41) is 2.72. The van der Waals surface area contributed by atoms with Crippen LogP contribution >= 0.6 is 11.3 Å². The van der Waals surface area contributed by atoms with Crippen LogP contribution in [0.3, 0.4) is 0 Å². The van der Waals surface area contributed by atoms with Crippen LogP contribution in [0.25, 0.3) is 10.6 Å². The van der Waals surface area contributed by atoms with Gasteiger partial charge in [0.1, 0.15) is 21.6 Å². The molecule has 0 radical (unpaired) electrons. The van der Waals surface area contributed by atoms with Crippen LogP contribution in [0.1, 0.15) is 51.0 Å². The van der Waals surface area contributed by atoms with Crippen LogP contribution in [0.15, 0.2) is 34.5 Å². The number of amides is 1. The summed E-state index contributed by atoms with van der Waals surface area (Å²) in [6.45, 7) is 7.98. The van der Waals surface area contributed by atoms with E-state index in [4.69, 9.17) is 5.73 Å². The van der Waals surface area contributed by atoms with Crippen molar-refractivity contribution in [2.24, 2.45) is 4.99 Å². The smallest absolute Gasteiger partial charge is 0.277 e. The molecule has 0 aliphatic rings. The fraction of sp³-hybridized carbons (Fsp3) is 0.333. The topological polar surface area (TPSA) is 80.4 Å². The van der Waals surface area contributed by atoms with Crippen LogP contribution in [-0.4, -0.2) is 24.2 Å². The van der Waals surface area contributed by atoms with Crippen molar-refractivity contribution in [3.05, 3.63) is 54.2 Å². The van der Waals surface area contributed by atoms with Gasteiger partial charge in [0.05, 0.1) is 11.3 Å². The SMILES string of the molecule is CCCC.CN=CC(NC(=O)c1nc(-c2c(F)cccc2F)sc1N)=C(C)C.[CH3-].[U]. The first-order valence-corrected chi connectivity index (χ1v) is 9.70. The molecule has 0 fully saturated rings. The standard InChI is InChI=1S/C16H16F2N4OS.C4H10.CH3.U/c1-8(2)11(7-20-3)21-15(23)13-14(19)24-16(22-13)12-9(17)5-4-6-10(12)18;1-3-4-2;;/h4-7H,19H2,1-3H3,(H,21,23);3-4H2,1-2H3;1H3;/q;;-1;. The summed E-state index contributed by atoms with van der Waals surface area (Å²) >= 11 is 0.849. The number of carbonyl (C=O) groups excluding carboxylic acids is 1. The first-order chi connectivity index (χ1) is 13.3. The number of carbonyl (C=O) groups is 1. The molecule has 164 valence electrons. The molecule has 1 aromatic heterocycles. The quantitative estimate of drug-likeness (QED) is 0.321. The zero-order valence-electron chi connectivity index (χ0n) is 18.3.